The van der Waals surface area contributed by atoms with Crippen LogP contribution in [0.4, 0.5) is 4.39 Å². The lowest BCUT2D eigenvalue weighted by molar-refractivity contribution is 0.484. The smallest absolute Gasteiger partial charge is 0.151 e. The van der Waals surface area contributed by atoms with Gasteiger partial charge < -0.3 is 0 Å². The van der Waals surface area contributed by atoms with Crippen molar-refractivity contribution in [1.82, 2.24) is 5.43 Å². The maximum Gasteiger partial charge on any atom is 0.151 e. The van der Waals surface area contributed by atoms with Crippen LogP contribution in [0.15, 0.2) is 18.2 Å². The number of halogens is 2. The standard InChI is InChI=1S/C11H16ClFN2O2S/c1-7(18(2,16)17)11(15-14)6-8-9(12)4-3-5-10(8)13/h3-5,7,11,15H,6,14H2,1-2H3. The number of nitrogens with one attached hydrogen (secondary N) is 1. The van der Waals surface area contributed by atoms with Gasteiger partial charge in [-0.05, 0) is 25.5 Å². The number of benzene rings is 1. The Balaban J connectivity index is 3.01. The van der Waals surface area contributed by atoms with Crippen molar-refractivity contribution in [3.05, 3.63) is 34.6 Å². The quantitative estimate of drug-likeness (QED) is 0.634. The number of nitrogens with two attached hydrogens (primary N) is 1. The maximum atomic E-state index is 13.6. The van der Waals surface area contributed by atoms with E-state index in [0.717, 1.165) is 6.26 Å². The van der Waals surface area contributed by atoms with E-state index in [0.29, 0.717) is 0 Å². The van der Waals surface area contributed by atoms with E-state index in [1.807, 2.05) is 0 Å². The lowest BCUT2D eigenvalue weighted by Crippen LogP contribution is -2.47. The summed E-state index contributed by atoms with van der Waals surface area (Å²) in [7, 11) is -3.27. The predicted octanol–water partition coefficient (Wildman–Crippen LogP) is 1.29. The molecule has 0 saturated carbocycles. The second-order valence-electron chi connectivity index (χ2n) is 4.21. The summed E-state index contributed by atoms with van der Waals surface area (Å²) < 4.78 is 36.5. The van der Waals surface area contributed by atoms with E-state index in [2.05, 4.69) is 5.43 Å². The van der Waals surface area contributed by atoms with E-state index in [-0.39, 0.29) is 17.0 Å². The molecule has 18 heavy (non-hydrogen) atoms. The van der Waals surface area contributed by atoms with Crippen LogP contribution in [0.25, 0.3) is 0 Å². The normalized spacial score (nSPS) is 15.4. The Kier molecular flexibility index (Phi) is 5.10. The van der Waals surface area contributed by atoms with Gasteiger partial charge in [0, 0.05) is 22.9 Å². The van der Waals surface area contributed by atoms with Crippen LogP contribution in [0.1, 0.15) is 12.5 Å². The molecule has 1 aromatic carbocycles. The zero-order valence-corrected chi connectivity index (χ0v) is 11.7. The molecule has 0 aliphatic carbocycles. The van der Waals surface area contributed by atoms with E-state index >= 15 is 0 Å². The summed E-state index contributed by atoms with van der Waals surface area (Å²) in [6, 6.07) is 3.72. The highest BCUT2D eigenvalue weighted by Crippen LogP contribution is 2.22. The zero-order valence-electron chi connectivity index (χ0n) is 10.2. The molecule has 0 spiro atoms. The Bertz CT molecular complexity index is 502. The van der Waals surface area contributed by atoms with Gasteiger partial charge in [-0.25, -0.2) is 12.8 Å². The van der Waals surface area contributed by atoms with Crippen molar-refractivity contribution in [2.45, 2.75) is 24.6 Å². The SMILES string of the molecule is CC(C(Cc1c(F)cccc1Cl)NN)S(C)(=O)=O. The van der Waals surface area contributed by atoms with Gasteiger partial charge >= 0.3 is 0 Å². The van der Waals surface area contributed by atoms with Crippen molar-refractivity contribution in [2.75, 3.05) is 6.26 Å². The monoisotopic (exact) mass is 294 g/mol. The third kappa shape index (κ3) is 3.65. The van der Waals surface area contributed by atoms with Gasteiger partial charge in [0.15, 0.2) is 9.84 Å². The maximum absolute atomic E-state index is 13.6. The zero-order chi connectivity index (χ0) is 13.9. The Morgan fingerprint density at radius 2 is 2.11 bits per heavy atom. The summed E-state index contributed by atoms with van der Waals surface area (Å²) in [6.45, 7) is 1.52. The van der Waals surface area contributed by atoms with Crippen LogP contribution in [-0.2, 0) is 16.3 Å². The first-order chi connectivity index (χ1) is 8.27. The summed E-state index contributed by atoms with van der Waals surface area (Å²) in [5.41, 5.74) is 2.67. The molecule has 0 heterocycles. The first kappa shape index (κ1) is 15.4. The molecule has 7 heteroatoms. The van der Waals surface area contributed by atoms with Crippen molar-refractivity contribution < 1.29 is 12.8 Å². The predicted molar refractivity (Wildman–Crippen MR) is 70.5 cm³/mol. The number of rotatable bonds is 5. The number of hydrogen-bond acceptors (Lipinski definition) is 4. The van der Waals surface area contributed by atoms with E-state index in [9.17, 15) is 12.8 Å². The summed E-state index contributed by atoms with van der Waals surface area (Å²) in [5, 5.41) is -0.478. The van der Waals surface area contributed by atoms with Crippen molar-refractivity contribution >= 4 is 21.4 Å². The molecule has 2 unspecified atom stereocenters. The van der Waals surface area contributed by atoms with Gasteiger partial charge in [-0.3, -0.25) is 11.3 Å². The lowest BCUT2D eigenvalue weighted by atomic mass is 10.0. The Morgan fingerprint density at radius 3 is 2.56 bits per heavy atom. The third-order valence-electron chi connectivity index (χ3n) is 2.94. The van der Waals surface area contributed by atoms with Crippen LogP contribution in [0.5, 0.6) is 0 Å². The van der Waals surface area contributed by atoms with E-state index in [1.54, 1.807) is 6.07 Å². The molecule has 0 bridgehead atoms. The van der Waals surface area contributed by atoms with Gasteiger partial charge in [0.2, 0.25) is 0 Å². The van der Waals surface area contributed by atoms with Crippen molar-refractivity contribution in [3.8, 4) is 0 Å². The van der Waals surface area contributed by atoms with Crippen LogP contribution in [0.2, 0.25) is 5.02 Å². The topological polar surface area (TPSA) is 72.2 Å². The Hall–Kier alpha value is -0.690. The molecule has 4 nitrogen and oxygen atoms in total. The minimum atomic E-state index is -3.27. The van der Waals surface area contributed by atoms with Crippen molar-refractivity contribution in [2.24, 2.45) is 5.84 Å². The van der Waals surface area contributed by atoms with Gasteiger partial charge in [0.1, 0.15) is 5.82 Å². The van der Waals surface area contributed by atoms with E-state index < -0.39 is 26.9 Å². The molecule has 0 radical (unpaired) electrons. The van der Waals surface area contributed by atoms with Crippen LogP contribution in [-0.4, -0.2) is 26.0 Å². The average Bonchev–Trinajstić information content (AvgIpc) is 2.27. The number of sulfone groups is 1. The summed E-state index contributed by atoms with van der Waals surface area (Å²) in [5.74, 6) is 4.87. The molecule has 0 amide bonds. The van der Waals surface area contributed by atoms with Gasteiger partial charge in [0.05, 0.1) is 5.25 Å². The van der Waals surface area contributed by atoms with Crippen LogP contribution in [0.3, 0.4) is 0 Å². The summed E-state index contributed by atoms with van der Waals surface area (Å²) in [6.07, 6.45) is 1.22. The van der Waals surface area contributed by atoms with Crippen molar-refractivity contribution in [1.29, 1.82) is 0 Å². The molecular weight excluding hydrogens is 279 g/mol. The highest BCUT2D eigenvalue weighted by molar-refractivity contribution is 7.91. The highest BCUT2D eigenvalue weighted by atomic mass is 35.5. The molecule has 1 aromatic rings. The molecule has 102 valence electrons. The van der Waals surface area contributed by atoms with E-state index in [4.69, 9.17) is 17.4 Å². The van der Waals surface area contributed by atoms with Crippen LogP contribution in [0, 0.1) is 5.82 Å². The Labute approximate surface area is 111 Å². The molecule has 0 saturated heterocycles. The fourth-order valence-corrected chi connectivity index (χ4v) is 2.62. The molecule has 0 fully saturated rings. The number of hydrazine groups is 1. The first-order valence-corrected chi connectivity index (χ1v) is 7.68. The third-order valence-corrected chi connectivity index (χ3v) is 4.98. The second-order valence-corrected chi connectivity index (χ2v) is 7.02. The molecule has 3 N–H and O–H groups in total. The van der Waals surface area contributed by atoms with Gasteiger partial charge in [-0.2, -0.15) is 0 Å². The van der Waals surface area contributed by atoms with Crippen molar-refractivity contribution in [3.63, 3.8) is 0 Å². The van der Waals surface area contributed by atoms with Crippen LogP contribution >= 0.6 is 11.6 Å². The molecule has 0 aromatic heterocycles. The molecule has 0 aliphatic heterocycles. The summed E-state index contributed by atoms with van der Waals surface area (Å²) >= 11 is 5.89. The highest BCUT2D eigenvalue weighted by Gasteiger charge is 2.26. The van der Waals surface area contributed by atoms with Gasteiger partial charge in [-0.15, -0.1) is 0 Å². The minimum absolute atomic E-state index is 0.107. The van der Waals surface area contributed by atoms with Gasteiger partial charge in [-0.1, -0.05) is 17.7 Å². The molecule has 0 aliphatic rings. The minimum Gasteiger partial charge on any atom is -0.271 e. The molecule has 2 atom stereocenters. The second kappa shape index (κ2) is 5.97. The fraction of sp³-hybridized carbons (Fsp3) is 0.455. The first-order valence-electron chi connectivity index (χ1n) is 5.35. The van der Waals surface area contributed by atoms with Crippen LogP contribution < -0.4 is 11.3 Å². The lowest BCUT2D eigenvalue weighted by Gasteiger charge is -2.22. The molecular formula is C11H16ClFN2O2S. The molecule has 1 rings (SSSR count). The number of hydrogen-bond donors (Lipinski definition) is 2. The summed E-state index contributed by atoms with van der Waals surface area (Å²) in [4.78, 5) is 0. The average molecular weight is 295 g/mol. The Morgan fingerprint density at radius 1 is 1.50 bits per heavy atom. The largest absolute Gasteiger partial charge is 0.271 e. The van der Waals surface area contributed by atoms with Gasteiger partial charge in [0.25, 0.3) is 0 Å². The fourth-order valence-electron chi connectivity index (χ4n) is 1.61. The van der Waals surface area contributed by atoms with E-state index in [1.165, 1.54) is 19.1 Å².